The van der Waals surface area contributed by atoms with Gasteiger partial charge < -0.3 is 19.1 Å². The van der Waals surface area contributed by atoms with Gasteiger partial charge in [-0.25, -0.2) is 0 Å². The van der Waals surface area contributed by atoms with Crippen molar-refractivity contribution in [3.05, 3.63) is 24.3 Å². The number of rotatable bonds is 7. The smallest absolute Gasteiger partial charge is 0.315 e. The summed E-state index contributed by atoms with van der Waals surface area (Å²) in [4.78, 5) is 25.1. The van der Waals surface area contributed by atoms with Gasteiger partial charge in [0, 0.05) is 18.3 Å². The van der Waals surface area contributed by atoms with E-state index in [2.05, 4.69) is 4.74 Å². The second kappa shape index (κ2) is 8.67. The summed E-state index contributed by atoms with van der Waals surface area (Å²) in [5, 5.41) is 0.268. The molecule has 1 amide bonds. The molecule has 0 radical (unpaired) electrons. The summed E-state index contributed by atoms with van der Waals surface area (Å²) in [5.41, 5.74) is 0. The molecule has 2 rings (SSSR count). The molecule has 0 spiro atoms. The molecule has 6 nitrogen and oxygen atoms in total. The van der Waals surface area contributed by atoms with Crippen LogP contribution in [0, 0.1) is 0 Å². The van der Waals surface area contributed by atoms with Crippen molar-refractivity contribution in [2.45, 2.75) is 11.7 Å². The first-order valence-electron chi connectivity index (χ1n) is 7.36. The third-order valence-electron chi connectivity index (χ3n) is 3.58. The lowest BCUT2D eigenvalue weighted by Gasteiger charge is -2.17. The minimum absolute atomic E-state index is 0.0191. The molecule has 1 atom stereocenters. The Morgan fingerprint density at radius 1 is 1.26 bits per heavy atom. The minimum Gasteiger partial charge on any atom is -0.493 e. The predicted molar refractivity (Wildman–Crippen MR) is 87.9 cm³/mol. The number of benzene rings is 1. The summed E-state index contributed by atoms with van der Waals surface area (Å²) in [6.45, 7) is 1.30. The highest BCUT2D eigenvalue weighted by molar-refractivity contribution is 8.00. The molecule has 0 saturated carbocycles. The van der Waals surface area contributed by atoms with Crippen LogP contribution in [0.15, 0.2) is 24.3 Å². The maximum absolute atomic E-state index is 12.2. The molecule has 1 unspecified atom stereocenters. The average molecular weight is 339 g/mol. The van der Waals surface area contributed by atoms with Gasteiger partial charge in [-0.15, -0.1) is 11.8 Å². The van der Waals surface area contributed by atoms with Gasteiger partial charge >= 0.3 is 5.97 Å². The number of esters is 1. The molecular formula is C16H21NO5S. The zero-order valence-corrected chi connectivity index (χ0v) is 14.1. The lowest BCUT2D eigenvalue weighted by molar-refractivity contribution is -0.137. The number of hydrogen-bond donors (Lipinski definition) is 0. The molecule has 0 N–H and O–H groups in total. The van der Waals surface area contributed by atoms with Crippen LogP contribution in [-0.2, 0) is 14.3 Å². The fourth-order valence-corrected chi connectivity index (χ4v) is 3.35. The molecule has 1 aromatic carbocycles. The first-order valence-corrected chi connectivity index (χ1v) is 8.41. The van der Waals surface area contributed by atoms with Crippen molar-refractivity contribution in [3.63, 3.8) is 0 Å². The lowest BCUT2D eigenvalue weighted by Crippen LogP contribution is -2.33. The van der Waals surface area contributed by atoms with Crippen LogP contribution in [0.2, 0.25) is 0 Å². The summed E-state index contributed by atoms with van der Waals surface area (Å²) >= 11 is 1.53. The first-order chi connectivity index (χ1) is 11.1. The van der Waals surface area contributed by atoms with Crippen molar-refractivity contribution in [2.24, 2.45) is 0 Å². The van der Waals surface area contributed by atoms with Crippen LogP contribution in [0.1, 0.15) is 6.42 Å². The van der Waals surface area contributed by atoms with E-state index in [9.17, 15) is 9.59 Å². The summed E-state index contributed by atoms with van der Waals surface area (Å²) in [6.07, 6.45) is 0.877. The molecule has 0 bridgehead atoms. The molecular weight excluding hydrogens is 318 g/mol. The summed E-state index contributed by atoms with van der Waals surface area (Å²) in [6, 6.07) is 7.23. The van der Waals surface area contributed by atoms with Gasteiger partial charge in [0.2, 0.25) is 0 Å². The number of para-hydroxylation sites is 2. The number of methoxy groups -OCH3 is 2. The van der Waals surface area contributed by atoms with Crippen molar-refractivity contribution in [3.8, 4) is 11.5 Å². The molecule has 1 aliphatic heterocycles. The minimum atomic E-state index is -0.237. The van der Waals surface area contributed by atoms with Gasteiger partial charge in [-0.05, 0) is 18.6 Å². The maximum Gasteiger partial charge on any atom is 0.315 e. The molecule has 1 heterocycles. The topological polar surface area (TPSA) is 65.1 Å². The van der Waals surface area contributed by atoms with Crippen molar-refractivity contribution in [1.82, 2.24) is 4.90 Å². The molecule has 0 aliphatic carbocycles. The second-order valence-electron chi connectivity index (χ2n) is 5.08. The Kier molecular flexibility index (Phi) is 6.58. The molecule has 1 aliphatic rings. The molecule has 23 heavy (non-hydrogen) atoms. The standard InChI is InChI=1S/C16H21NO5S/c1-20-13-5-3-4-6-14(13)22-10-15(18)17-8-7-12(9-17)23-11-16(19)21-2/h3-6,12H,7-11H2,1-2H3. The number of likely N-dealkylation sites (tertiary alicyclic amines) is 1. The van der Waals surface area contributed by atoms with Crippen LogP contribution < -0.4 is 9.47 Å². The Morgan fingerprint density at radius 3 is 2.70 bits per heavy atom. The number of amides is 1. The predicted octanol–water partition coefficient (Wildman–Crippen LogP) is 1.58. The van der Waals surface area contributed by atoms with E-state index in [-0.39, 0.29) is 23.7 Å². The van der Waals surface area contributed by atoms with Crippen LogP contribution in [0.5, 0.6) is 11.5 Å². The SMILES string of the molecule is COC(=O)CSC1CCN(C(=O)COc2ccccc2OC)C1. The number of thioether (sulfide) groups is 1. The van der Waals surface area contributed by atoms with E-state index in [1.165, 1.54) is 18.9 Å². The average Bonchev–Trinajstić information content (AvgIpc) is 3.06. The van der Waals surface area contributed by atoms with E-state index in [0.29, 0.717) is 30.3 Å². The fraction of sp³-hybridized carbons (Fsp3) is 0.500. The zero-order chi connectivity index (χ0) is 16.7. The van der Waals surface area contributed by atoms with E-state index in [0.717, 1.165) is 6.42 Å². The highest BCUT2D eigenvalue weighted by Gasteiger charge is 2.27. The molecule has 1 aromatic rings. The van der Waals surface area contributed by atoms with Crippen molar-refractivity contribution < 1.29 is 23.8 Å². The Labute approximate surface area is 140 Å². The van der Waals surface area contributed by atoms with Gasteiger partial charge in [0.15, 0.2) is 18.1 Å². The Bertz CT molecular complexity index is 551. The normalized spacial score (nSPS) is 17.0. The van der Waals surface area contributed by atoms with E-state index >= 15 is 0 Å². The van der Waals surface area contributed by atoms with Crippen LogP contribution in [0.3, 0.4) is 0 Å². The summed E-state index contributed by atoms with van der Waals surface area (Å²) in [5.74, 6) is 1.18. The van der Waals surface area contributed by atoms with Crippen LogP contribution in [-0.4, -0.2) is 61.7 Å². The molecule has 126 valence electrons. The van der Waals surface area contributed by atoms with E-state index in [4.69, 9.17) is 9.47 Å². The van der Waals surface area contributed by atoms with Crippen molar-refractivity contribution >= 4 is 23.6 Å². The number of ether oxygens (including phenoxy) is 3. The van der Waals surface area contributed by atoms with Gasteiger partial charge in [-0.3, -0.25) is 9.59 Å². The van der Waals surface area contributed by atoms with Crippen LogP contribution >= 0.6 is 11.8 Å². The number of carbonyl (C=O) groups excluding carboxylic acids is 2. The van der Waals surface area contributed by atoms with E-state index in [1.54, 1.807) is 24.1 Å². The number of carbonyl (C=O) groups is 2. The van der Waals surface area contributed by atoms with E-state index < -0.39 is 0 Å². The maximum atomic E-state index is 12.2. The second-order valence-corrected chi connectivity index (χ2v) is 6.37. The fourth-order valence-electron chi connectivity index (χ4n) is 2.30. The van der Waals surface area contributed by atoms with Crippen LogP contribution in [0.4, 0.5) is 0 Å². The Morgan fingerprint density at radius 2 is 2.00 bits per heavy atom. The molecule has 7 heteroatoms. The zero-order valence-electron chi connectivity index (χ0n) is 13.3. The van der Waals surface area contributed by atoms with E-state index in [1.807, 2.05) is 12.1 Å². The Balaban J connectivity index is 1.77. The van der Waals surface area contributed by atoms with Gasteiger partial charge in [0.05, 0.1) is 20.0 Å². The summed E-state index contributed by atoms with van der Waals surface area (Å²) in [7, 11) is 2.94. The molecule has 0 aromatic heterocycles. The van der Waals surface area contributed by atoms with Crippen molar-refractivity contribution in [1.29, 1.82) is 0 Å². The number of nitrogens with zero attached hydrogens (tertiary/aromatic N) is 1. The monoisotopic (exact) mass is 339 g/mol. The van der Waals surface area contributed by atoms with Gasteiger partial charge in [-0.2, -0.15) is 0 Å². The van der Waals surface area contributed by atoms with Crippen LogP contribution in [0.25, 0.3) is 0 Å². The lowest BCUT2D eigenvalue weighted by atomic mass is 10.3. The van der Waals surface area contributed by atoms with Crippen molar-refractivity contribution in [2.75, 3.05) is 39.7 Å². The highest BCUT2D eigenvalue weighted by atomic mass is 32.2. The third kappa shape index (κ3) is 5.06. The van der Waals surface area contributed by atoms with Gasteiger partial charge in [0.1, 0.15) is 0 Å². The van der Waals surface area contributed by atoms with Gasteiger partial charge in [-0.1, -0.05) is 12.1 Å². The number of hydrogen-bond acceptors (Lipinski definition) is 6. The van der Waals surface area contributed by atoms with Gasteiger partial charge in [0.25, 0.3) is 5.91 Å². The summed E-state index contributed by atoms with van der Waals surface area (Å²) < 4.78 is 15.4. The first kappa shape index (κ1) is 17.5. The molecule has 1 saturated heterocycles. The Hall–Kier alpha value is -1.89. The molecule has 1 fully saturated rings. The highest BCUT2D eigenvalue weighted by Crippen LogP contribution is 2.26. The third-order valence-corrected chi connectivity index (χ3v) is 4.84. The quantitative estimate of drug-likeness (QED) is 0.703. The largest absolute Gasteiger partial charge is 0.493 e.